The third-order valence-electron chi connectivity index (χ3n) is 4.16. The number of amides is 1. The van der Waals surface area contributed by atoms with Crippen LogP contribution in [0.1, 0.15) is 40.5 Å². The van der Waals surface area contributed by atoms with Gasteiger partial charge in [-0.2, -0.15) is 4.31 Å². The summed E-state index contributed by atoms with van der Waals surface area (Å²) in [5.74, 6) is 0.354. The fourth-order valence-corrected chi connectivity index (χ4v) is 5.24. The van der Waals surface area contributed by atoms with E-state index in [0.29, 0.717) is 23.9 Å². The lowest BCUT2D eigenvalue weighted by Crippen LogP contribution is -2.43. The van der Waals surface area contributed by atoms with E-state index in [9.17, 15) is 13.2 Å². The number of aromatic nitrogens is 1. The lowest BCUT2D eigenvalue weighted by Gasteiger charge is -2.30. The first-order valence-electron chi connectivity index (χ1n) is 8.63. The van der Waals surface area contributed by atoms with Gasteiger partial charge in [0, 0.05) is 31.4 Å². The molecule has 1 aromatic rings. The van der Waals surface area contributed by atoms with Crippen LogP contribution in [0, 0.1) is 0 Å². The highest BCUT2D eigenvalue weighted by Crippen LogP contribution is 2.23. The van der Waals surface area contributed by atoms with Crippen LogP contribution in [0.15, 0.2) is 28.3 Å². The molecule has 2 rings (SSSR count). The predicted molar refractivity (Wildman–Crippen MR) is 100 cm³/mol. The standard InChI is InChI=1S/C17H27N3O3S2/c1-13(2)20(14(3)4)17(21)12-24-16-8-7-15(11-18-16)25(22,23)19-9-5-6-10-19/h7-8,11,13-14H,5-6,9-10,12H2,1-4H3. The minimum Gasteiger partial charge on any atom is -0.337 e. The van der Waals surface area contributed by atoms with Gasteiger partial charge in [0.2, 0.25) is 15.9 Å². The van der Waals surface area contributed by atoms with Crippen LogP contribution >= 0.6 is 11.8 Å². The molecular formula is C17H27N3O3S2. The number of carbonyl (C=O) groups excluding carboxylic acids is 1. The van der Waals surface area contributed by atoms with Crippen LogP contribution in [0.5, 0.6) is 0 Å². The lowest BCUT2D eigenvalue weighted by atomic mass is 10.2. The van der Waals surface area contributed by atoms with Crippen molar-refractivity contribution in [2.75, 3.05) is 18.8 Å². The first kappa shape index (κ1) is 20.2. The van der Waals surface area contributed by atoms with Crippen molar-refractivity contribution < 1.29 is 13.2 Å². The Hall–Kier alpha value is -1.12. The maximum atomic E-state index is 12.5. The average Bonchev–Trinajstić information content (AvgIpc) is 3.08. The number of pyridine rings is 1. The third-order valence-corrected chi connectivity index (χ3v) is 6.97. The predicted octanol–water partition coefficient (Wildman–Crippen LogP) is 2.60. The molecule has 1 amide bonds. The molecule has 0 spiro atoms. The van der Waals surface area contributed by atoms with Gasteiger partial charge in [0.1, 0.15) is 4.90 Å². The highest BCUT2D eigenvalue weighted by molar-refractivity contribution is 7.99. The second-order valence-corrected chi connectivity index (χ2v) is 9.65. The molecule has 0 radical (unpaired) electrons. The molecule has 0 bridgehead atoms. The summed E-state index contributed by atoms with van der Waals surface area (Å²) in [7, 11) is -3.44. The molecule has 0 saturated carbocycles. The Morgan fingerprint density at radius 1 is 1.20 bits per heavy atom. The molecule has 8 heteroatoms. The lowest BCUT2D eigenvalue weighted by molar-refractivity contribution is -0.131. The fourth-order valence-electron chi connectivity index (χ4n) is 3.06. The Morgan fingerprint density at radius 3 is 2.28 bits per heavy atom. The Balaban J connectivity index is 2.00. The van der Waals surface area contributed by atoms with Gasteiger partial charge in [0.15, 0.2) is 0 Å². The molecule has 0 unspecified atom stereocenters. The van der Waals surface area contributed by atoms with E-state index in [0.717, 1.165) is 12.8 Å². The molecule has 1 fully saturated rings. The van der Waals surface area contributed by atoms with E-state index in [1.807, 2.05) is 32.6 Å². The van der Waals surface area contributed by atoms with Gasteiger partial charge in [-0.05, 0) is 52.7 Å². The van der Waals surface area contributed by atoms with E-state index in [1.54, 1.807) is 12.1 Å². The molecule has 1 aliphatic rings. The Kier molecular flexibility index (Phi) is 6.87. The van der Waals surface area contributed by atoms with Crippen LogP contribution < -0.4 is 0 Å². The molecule has 25 heavy (non-hydrogen) atoms. The van der Waals surface area contributed by atoms with Crippen molar-refractivity contribution >= 4 is 27.7 Å². The van der Waals surface area contributed by atoms with Gasteiger partial charge in [-0.25, -0.2) is 13.4 Å². The number of hydrogen-bond acceptors (Lipinski definition) is 5. The molecule has 0 aliphatic carbocycles. The van der Waals surface area contributed by atoms with Crippen LogP contribution in [0.4, 0.5) is 0 Å². The number of carbonyl (C=O) groups is 1. The van der Waals surface area contributed by atoms with Gasteiger partial charge in [-0.3, -0.25) is 4.79 Å². The summed E-state index contributed by atoms with van der Waals surface area (Å²) in [6.07, 6.45) is 3.21. The topological polar surface area (TPSA) is 70.6 Å². The second-order valence-electron chi connectivity index (χ2n) is 6.72. The molecular weight excluding hydrogens is 358 g/mol. The van der Waals surface area contributed by atoms with Crippen molar-refractivity contribution in [1.82, 2.24) is 14.2 Å². The number of thioether (sulfide) groups is 1. The van der Waals surface area contributed by atoms with Crippen molar-refractivity contribution in [3.05, 3.63) is 18.3 Å². The molecule has 0 N–H and O–H groups in total. The smallest absolute Gasteiger partial charge is 0.244 e. The van der Waals surface area contributed by atoms with Crippen molar-refractivity contribution in [1.29, 1.82) is 0 Å². The number of rotatable bonds is 7. The first-order chi connectivity index (χ1) is 11.7. The molecule has 1 aliphatic heterocycles. The Labute approximate surface area is 155 Å². The highest BCUT2D eigenvalue weighted by atomic mass is 32.2. The van der Waals surface area contributed by atoms with Crippen LogP contribution in [-0.4, -0.2) is 59.4 Å². The van der Waals surface area contributed by atoms with Gasteiger partial charge in [0.25, 0.3) is 0 Å². The SMILES string of the molecule is CC(C)N(C(=O)CSc1ccc(S(=O)(=O)N2CCCC2)cn1)C(C)C. The summed E-state index contributed by atoms with van der Waals surface area (Å²) in [6.45, 7) is 9.15. The first-order valence-corrected chi connectivity index (χ1v) is 11.1. The van der Waals surface area contributed by atoms with E-state index in [4.69, 9.17) is 0 Å². The summed E-state index contributed by atoms with van der Waals surface area (Å²) in [4.78, 5) is 18.7. The zero-order chi connectivity index (χ0) is 18.6. The van der Waals surface area contributed by atoms with E-state index < -0.39 is 10.0 Å². The van der Waals surface area contributed by atoms with Crippen molar-refractivity contribution in [3.8, 4) is 0 Å². The number of hydrogen-bond donors (Lipinski definition) is 0. The minimum atomic E-state index is -3.44. The average molecular weight is 386 g/mol. The molecule has 140 valence electrons. The third kappa shape index (κ3) is 4.95. The van der Waals surface area contributed by atoms with Crippen LogP contribution in [0.2, 0.25) is 0 Å². The molecule has 2 heterocycles. The van der Waals surface area contributed by atoms with Gasteiger partial charge in [-0.15, -0.1) is 0 Å². The summed E-state index contributed by atoms with van der Waals surface area (Å²) < 4.78 is 26.4. The Morgan fingerprint density at radius 2 is 1.80 bits per heavy atom. The van der Waals surface area contributed by atoms with E-state index in [2.05, 4.69) is 4.98 Å². The van der Waals surface area contributed by atoms with Gasteiger partial charge in [-0.1, -0.05) is 11.8 Å². The normalized spacial score (nSPS) is 15.9. The fraction of sp³-hybridized carbons (Fsp3) is 0.647. The maximum Gasteiger partial charge on any atom is 0.244 e. The summed E-state index contributed by atoms with van der Waals surface area (Å²) in [5, 5.41) is 0.654. The van der Waals surface area contributed by atoms with Crippen LogP contribution in [-0.2, 0) is 14.8 Å². The largest absolute Gasteiger partial charge is 0.337 e. The minimum absolute atomic E-state index is 0.0607. The van der Waals surface area contributed by atoms with Gasteiger partial charge in [0.05, 0.1) is 10.8 Å². The number of nitrogens with zero attached hydrogens (tertiary/aromatic N) is 3. The molecule has 6 nitrogen and oxygen atoms in total. The zero-order valence-corrected chi connectivity index (χ0v) is 16.9. The molecule has 1 saturated heterocycles. The summed E-state index contributed by atoms with van der Waals surface area (Å²) in [6, 6.07) is 3.55. The van der Waals surface area contributed by atoms with Crippen LogP contribution in [0.25, 0.3) is 0 Å². The summed E-state index contributed by atoms with van der Waals surface area (Å²) >= 11 is 1.33. The Bertz CT molecular complexity index is 674. The molecule has 1 aromatic heterocycles. The monoisotopic (exact) mass is 385 g/mol. The summed E-state index contributed by atoms with van der Waals surface area (Å²) in [5.41, 5.74) is 0. The van der Waals surface area contributed by atoms with E-state index >= 15 is 0 Å². The number of sulfonamides is 1. The molecule has 0 aromatic carbocycles. The zero-order valence-electron chi connectivity index (χ0n) is 15.3. The van der Waals surface area contributed by atoms with Gasteiger partial charge < -0.3 is 4.90 Å². The van der Waals surface area contributed by atoms with E-state index in [1.165, 1.54) is 22.3 Å². The van der Waals surface area contributed by atoms with Crippen molar-refractivity contribution in [2.24, 2.45) is 0 Å². The van der Waals surface area contributed by atoms with Crippen LogP contribution in [0.3, 0.4) is 0 Å². The second kappa shape index (κ2) is 8.51. The van der Waals surface area contributed by atoms with Crippen molar-refractivity contribution in [2.45, 2.75) is 62.5 Å². The maximum absolute atomic E-state index is 12.5. The van der Waals surface area contributed by atoms with Gasteiger partial charge >= 0.3 is 0 Å². The van der Waals surface area contributed by atoms with E-state index in [-0.39, 0.29) is 22.9 Å². The highest BCUT2D eigenvalue weighted by Gasteiger charge is 2.27. The quantitative estimate of drug-likeness (QED) is 0.675. The molecule has 0 atom stereocenters. The van der Waals surface area contributed by atoms with Crippen molar-refractivity contribution in [3.63, 3.8) is 0 Å².